The summed E-state index contributed by atoms with van der Waals surface area (Å²) in [5.74, 6) is 0.0684. The van der Waals surface area contributed by atoms with Crippen molar-refractivity contribution < 1.29 is 14.3 Å². The van der Waals surface area contributed by atoms with Gasteiger partial charge < -0.3 is 20.3 Å². The number of carbonyl (C=O) groups excluding carboxylic acids is 2. The molecule has 0 amide bonds. The molecule has 2 N–H and O–H groups in total. The van der Waals surface area contributed by atoms with Crippen molar-refractivity contribution in [3.63, 3.8) is 0 Å². The number of hydrogen-bond donors (Lipinski definition) is 2. The highest BCUT2D eigenvalue weighted by Crippen LogP contribution is 2.24. The Labute approximate surface area is 298 Å². The number of esters is 1. The Kier molecular flexibility index (Phi) is 28.7. The number of ether oxygens (including phenoxy) is 1. The second-order valence-corrected chi connectivity index (χ2v) is 14.4. The Balaban J connectivity index is 2.33. The molecule has 0 spiro atoms. The van der Waals surface area contributed by atoms with Crippen LogP contribution >= 0.6 is 0 Å². The lowest BCUT2D eigenvalue weighted by Crippen LogP contribution is -2.38. The third-order valence-electron chi connectivity index (χ3n) is 10.00. The first-order valence-electron chi connectivity index (χ1n) is 20.8. The van der Waals surface area contributed by atoms with Crippen LogP contribution in [0.15, 0.2) is 23.5 Å². The number of nitrogens with zero attached hydrogens (tertiary/aromatic N) is 1. The SMILES string of the molecule is C=C1C(=O)C(NCCCN(CCCCCCCC)CCCCCCCC(=O)OC(CCCCCCCC)CCCCCCCC)=C1NC. The van der Waals surface area contributed by atoms with Gasteiger partial charge in [-0.3, -0.25) is 9.59 Å². The van der Waals surface area contributed by atoms with Gasteiger partial charge in [-0.15, -0.1) is 0 Å². The van der Waals surface area contributed by atoms with Gasteiger partial charge in [0.1, 0.15) is 11.8 Å². The summed E-state index contributed by atoms with van der Waals surface area (Å²) in [7, 11) is 1.84. The first-order chi connectivity index (χ1) is 23.5. The van der Waals surface area contributed by atoms with Gasteiger partial charge in [-0.1, -0.05) is 143 Å². The minimum atomic E-state index is 0.0289. The molecule has 0 aliphatic heterocycles. The first kappa shape index (κ1) is 44.2. The van der Waals surface area contributed by atoms with Crippen molar-refractivity contribution >= 4 is 11.8 Å². The monoisotopic (exact) mass is 674 g/mol. The molecule has 0 bridgehead atoms. The molecule has 48 heavy (non-hydrogen) atoms. The van der Waals surface area contributed by atoms with Gasteiger partial charge in [0.05, 0.1) is 5.70 Å². The second kappa shape index (κ2) is 31.2. The highest BCUT2D eigenvalue weighted by molar-refractivity contribution is 6.18. The van der Waals surface area contributed by atoms with E-state index in [0.717, 1.165) is 64.0 Å². The van der Waals surface area contributed by atoms with Gasteiger partial charge in [-0.25, -0.2) is 0 Å². The van der Waals surface area contributed by atoms with Crippen LogP contribution in [0.2, 0.25) is 0 Å². The summed E-state index contributed by atoms with van der Waals surface area (Å²) in [6.07, 6.45) is 32.9. The predicted octanol–water partition coefficient (Wildman–Crippen LogP) is 11.0. The molecule has 0 atom stereocenters. The Bertz CT molecular complexity index is 839. The minimum Gasteiger partial charge on any atom is -0.462 e. The molecule has 0 aromatic carbocycles. The molecular weight excluding hydrogens is 594 g/mol. The summed E-state index contributed by atoms with van der Waals surface area (Å²) in [5.41, 5.74) is 2.14. The molecular formula is C42H79N3O3. The maximum Gasteiger partial charge on any atom is 0.306 e. The van der Waals surface area contributed by atoms with Crippen molar-refractivity contribution in [1.29, 1.82) is 0 Å². The standard InChI is InChI=1S/C42H79N3O3/c1-6-9-12-15-19-24-30-38(31-25-20-16-13-10-7-2)48-39(46)32-26-21-18-23-28-35-45(34-27-22-17-14-11-8-3)36-29-33-44-41-40(43-5)37(4)42(41)47/h38,43-44H,4,6-36H2,1-3,5H3. The van der Waals surface area contributed by atoms with Gasteiger partial charge in [0.25, 0.3) is 0 Å². The number of hydrogen-bond acceptors (Lipinski definition) is 6. The van der Waals surface area contributed by atoms with Crippen molar-refractivity contribution in [2.24, 2.45) is 0 Å². The zero-order valence-electron chi connectivity index (χ0n) is 32.4. The molecule has 0 aromatic rings. The summed E-state index contributed by atoms with van der Waals surface area (Å²) in [6.45, 7) is 14.8. The number of unbranched alkanes of at least 4 members (excludes halogenated alkanes) is 19. The van der Waals surface area contributed by atoms with Gasteiger partial charge >= 0.3 is 5.97 Å². The second-order valence-electron chi connectivity index (χ2n) is 14.4. The van der Waals surface area contributed by atoms with E-state index in [1.165, 1.54) is 135 Å². The normalized spacial score (nSPS) is 13.1. The first-order valence-corrected chi connectivity index (χ1v) is 20.8. The molecule has 0 unspecified atom stereocenters. The van der Waals surface area contributed by atoms with Crippen LogP contribution in [0, 0.1) is 0 Å². The number of carbonyl (C=O) groups is 2. The molecule has 280 valence electrons. The summed E-state index contributed by atoms with van der Waals surface area (Å²) >= 11 is 0. The van der Waals surface area contributed by atoms with Crippen LogP contribution in [0.1, 0.15) is 194 Å². The lowest BCUT2D eigenvalue weighted by molar-refractivity contribution is -0.150. The van der Waals surface area contributed by atoms with Gasteiger partial charge in [-0.05, 0) is 71.0 Å². The van der Waals surface area contributed by atoms with Crippen LogP contribution in [-0.2, 0) is 14.3 Å². The summed E-state index contributed by atoms with van der Waals surface area (Å²) < 4.78 is 6.05. The Morgan fingerprint density at radius 1 is 0.625 bits per heavy atom. The van der Waals surface area contributed by atoms with E-state index in [4.69, 9.17) is 4.74 Å². The third kappa shape index (κ3) is 22.0. The fourth-order valence-electron chi connectivity index (χ4n) is 6.82. The van der Waals surface area contributed by atoms with Gasteiger partial charge in [0.15, 0.2) is 0 Å². The third-order valence-corrected chi connectivity index (χ3v) is 10.00. The van der Waals surface area contributed by atoms with E-state index in [-0.39, 0.29) is 17.9 Å². The molecule has 0 aromatic heterocycles. The summed E-state index contributed by atoms with van der Waals surface area (Å²) in [6, 6.07) is 0. The summed E-state index contributed by atoms with van der Waals surface area (Å²) in [5, 5.41) is 6.42. The maximum absolute atomic E-state index is 12.8. The van der Waals surface area contributed by atoms with Crippen LogP contribution in [0.25, 0.3) is 0 Å². The van der Waals surface area contributed by atoms with Crippen molar-refractivity contribution in [2.45, 2.75) is 200 Å². The van der Waals surface area contributed by atoms with E-state index in [9.17, 15) is 9.59 Å². The molecule has 6 nitrogen and oxygen atoms in total. The van der Waals surface area contributed by atoms with Crippen LogP contribution in [0.3, 0.4) is 0 Å². The average Bonchev–Trinajstić information content (AvgIpc) is 3.09. The smallest absolute Gasteiger partial charge is 0.306 e. The number of allylic oxidation sites excluding steroid dienone is 2. The topological polar surface area (TPSA) is 70.7 Å². The molecule has 0 heterocycles. The number of ketones is 1. The number of nitrogens with one attached hydrogen (secondary N) is 2. The van der Waals surface area contributed by atoms with E-state index in [2.05, 4.69) is 42.9 Å². The van der Waals surface area contributed by atoms with Crippen LogP contribution in [-0.4, -0.2) is 56.0 Å². The predicted molar refractivity (Wildman–Crippen MR) is 206 cm³/mol. The fraction of sp³-hybridized carbons (Fsp3) is 0.857. The maximum atomic E-state index is 12.8. The lowest BCUT2D eigenvalue weighted by Gasteiger charge is -2.26. The number of Topliss-reactive ketones (excluding diaryl/α,β-unsaturated/α-hetero) is 1. The average molecular weight is 674 g/mol. The van der Waals surface area contributed by atoms with Gasteiger partial charge in [-0.2, -0.15) is 0 Å². The molecule has 1 rings (SSSR count). The number of rotatable bonds is 36. The molecule has 0 radical (unpaired) electrons. The highest BCUT2D eigenvalue weighted by Gasteiger charge is 2.30. The Morgan fingerprint density at radius 3 is 1.56 bits per heavy atom. The van der Waals surface area contributed by atoms with Gasteiger partial charge in [0, 0.05) is 25.6 Å². The van der Waals surface area contributed by atoms with E-state index in [1.807, 2.05) is 7.05 Å². The Hall–Kier alpha value is -1.82. The largest absolute Gasteiger partial charge is 0.462 e. The lowest BCUT2D eigenvalue weighted by atomic mass is 9.93. The van der Waals surface area contributed by atoms with E-state index in [1.54, 1.807) is 0 Å². The van der Waals surface area contributed by atoms with Crippen molar-refractivity contribution in [3.05, 3.63) is 23.5 Å². The van der Waals surface area contributed by atoms with E-state index < -0.39 is 0 Å². The molecule has 1 aliphatic carbocycles. The summed E-state index contributed by atoms with van der Waals surface area (Å²) in [4.78, 5) is 27.5. The minimum absolute atomic E-state index is 0.0289. The zero-order valence-corrected chi connectivity index (χ0v) is 32.4. The molecule has 6 heteroatoms. The van der Waals surface area contributed by atoms with E-state index in [0.29, 0.717) is 17.7 Å². The fourth-order valence-corrected chi connectivity index (χ4v) is 6.82. The Morgan fingerprint density at radius 2 is 1.06 bits per heavy atom. The van der Waals surface area contributed by atoms with Crippen molar-refractivity contribution in [3.8, 4) is 0 Å². The van der Waals surface area contributed by atoms with Crippen LogP contribution in [0.5, 0.6) is 0 Å². The van der Waals surface area contributed by atoms with Crippen LogP contribution < -0.4 is 10.6 Å². The molecule has 1 aliphatic rings. The molecule has 0 saturated heterocycles. The van der Waals surface area contributed by atoms with Gasteiger partial charge in [0.2, 0.25) is 5.78 Å². The molecule has 0 saturated carbocycles. The highest BCUT2D eigenvalue weighted by atomic mass is 16.5. The zero-order chi connectivity index (χ0) is 35.1. The quantitative estimate of drug-likeness (QED) is 0.0392. The number of likely N-dealkylation sites (N-methyl/N-ethyl adjacent to an activating group) is 1. The van der Waals surface area contributed by atoms with E-state index >= 15 is 0 Å². The van der Waals surface area contributed by atoms with Crippen molar-refractivity contribution in [2.75, 3.05) is 33.2 Å². The molecule has 0 fully saturated rings. The van der Waals surface area contributed by atoms with Crippen LogP contribution in [0.4, 0.5) is 0 Å². The van der Waals surface area contributed by atoms with Crippen molar-refractivity contribution in [1.82, 2.24) is 15.5 Å².